The van der Waals surface area contributed by atoms with Crippen LogP contribution < -0.4 is 0 Å². The molecule has 18 heavy (non-hydrogen) atoms. The highest BCUT2D eigenvalue weighted by Crippen LogP contribution is 2.58. The van der Waals surface area contributed by atoms with Crippen molar-refractivity contribution in [1.82, 2.24) is 9.55 Å². The summed E-state index contributed by atoms with van der Waals surface area (Å²) >= 11 is 0. The molecule has 0 aromatic carbocycles. The summed E-state index contributed by atoms with van der Waals surface area (Å²) < 4.78 is 1.95. The Hall–Kier alpha value is -1.32. The van der Waals surface area contributed by atoms with Crippen molar-refractivity contribution in [2.75, 3.05) is 0 Å². The van der Waals surface area contributed by atoms with Gasteiger partial charge in [-0.1, -0.05) is 0 Å². The number of rotatable bonds is 2. The van der Waals surface area contributed by atoms with Crippen molar-refractivity contribution in [3.05, 3.63) is 18.2 Å². The summed E-state index contributed by atoms with van der Waals surface area (Å²) in [6.07, 6.45) is 10.1. The normalized spacial score (nSPS) is 41.2. The van der Waals surface area contributed by atoms with Gasteiger partial charge in [-0.3, -0.25) is 0 Å². The van der Waals surface area contributed by atoms with E-state index in [0.717, 1.165) is 11.8 Å². The maximum absolute atomic E-state index is 11.2. The number of aromatic carboxylic acids is 1. The molecule has 96 valence electrons. The van der Waals surface area contributed by atoms with Gasteiger partial charge < -0.3 is 9.67 Å². The molecular formula is C14H18N2O2. The van der Waals surface area contributed by atoms with Crippen molar-refractivity contribution in [3.63, 3.8) is 0 Å². The van der Waals surface area contributed by atoms with Gasteiger partial charge in [-0.05, 0) is 55.8 Å². The Kier molecular flexibility index (Phi) is 2.11. The lowest BCUT2D eigenvalue weighted by Gasteiger charge is -2.54. The first-order valence-electron chi connectivity index (χ1n) is 6.98. The van der Waals surface area contributed by atoms with Crippen LogP contribution in [0.5, 0.6) is 0 Å². The molecule has 1 N–H and O–H groups in total. The standard InChI is InChI=1S/C14H18N2O2/c17-14(18)13-15-1-2-16(13)12-10-4-8-3-9(6-10)7-11(12)5-8/h1-2,8-12H,3-7H2,(H,17,18). The van der Waals surface area contributed by atoms with Crippen LogP contribution in [0.1, 0.15) is 48.8 Å². The van der Waals surface area contributed by atoms with Gasteiger partial charge in [-0.25, -0.2) is 9.78 Å². The molecule has 5 rings (SSSR count). The maximum Gasteiger partial charge on any atom is 0.372 e. The van der Waals surface area contributed by atoms with Crippen LogP contribution in [-0.4, -0.2) is 20.6 Å². The van der Waals surface area contributed by atoms with Crippen molar-refractivity contribution in [1.29, 1.82) is 0 Å². The Balaban J connectivity index is 1.72. The predicted molar refractivity (Wildman–Crippen MR) is 65.3 cm³/mol. The van der Waals surface area contributed by atoms with Crippen LogP contribution in [0.15, 0.2) is 12.4 Å². The molecule has 0 radical (unpaired) electrons. The van der Waals surface area contributed by atoms with Gasteiger partial charge in [0.2, 0.25) is 5.82 Å². The Morgan fingerprint density at radius 3 is 2.33 bits per heavy atom. The zero-order chi connectivity index (χ0) is 12.3. The lowest BCUT2D eigenvalue weighted by atomic mass is 9.54. The van der Waals surface area contributed by atoms with Gasteiger partial charge in [0.05, 0.1) is 0 Å². The lowest BCUT2D eigenvalue weighted by molar-refractivity contribution is -0.0302. The predicted octanol–water partition coefficient (Wildman–Crippen LogP) is 2.58. The zero-order valence-electron chi connectivity index (χ0n) is 10.3. The Morgan fingerprint density at radius 1 is 1.17 bits per heavy atom. The third-order valence-electron chi connectivity index (χ3n) is 5.36. The summed E-state index contributed by atoms with van der Waals surface area (Å²) in [7, 11) is 0. The fourth-order valence-electron chi connectivity index (χ4n) is 5.07. The van der Waals surface area contributed by atoms with Crippen LogP contribution in [0, 0.1) is 23.7 Å². The minimum atomic E-state index is -0.895. The molecule has 1 heterocycles. The zero-order valence-corrected chi connectivity index (χ0v) is 10.3. The third-order valence-corrected chi connectivity index (χ3v) is 5.36. The minimum Gasteiger partial charge on any atom is -0.475 e. The van der Waals surface area contributed by atoms with Gasteiger partial charge >= 0.3 is 5.97 Å². The van der Waals surface area contributed by atoms with Gasteiger partial charge in [0, 0.05) is 18.4 Å². The van der Waals surface area contributed by atoms with E-state index in [4.69, 9.17) is 0 Å². The molecule has 1 aromatic heterocycles. The van der Waals surface area contributed by atoms with Crippen LogP contribution in [0.2, 0.25) is 0 Å². The van der Waals surface area contributed by atoms with Crippen molar-refractivity contribution >= 4 is 5.97 Å². The minimum absolute atomic E-state index is 0.229. The largest absolute Gasteiger partial charge is 0.475 e. The molecule has 0 spiro atoms. The van der Waals surface area contributed by atoms with Crippen molar-refractivity contribution in [2.45, 2.75) is 38.1 Å². The highest BCUT2D eigenvalue weighted by atomic mass is 16.4. The van der Waals surface area contributed by atoms with Gasteiger partial charge in [0.1, 0.15) is 0 Å². The Bertz CT molecular complexity index is 466. The van der Waals surface area contributed by atoms with Gasteiger partial charge in [0.25, 0.3) is 0 Å². The molecule has 0 unspecified atom stereocenters. The number of carboxylic acids is 1. The van der Waals surface area contributed by atoms with Gasteiger partial charge in [-0.15, -0.1) is 0 Å². The molecule has 0 aliphatic heterocycles. The first-order chi connectivity index (χ1) is 8.72. The summed E-state index contributed by atoms with van der Waals surface area (Å²) in [6, 6.07) is 0.395. The first kappa shape index (κ1) is 10.6. The van der Waals surface area contributed by atoms with E-state index >= 15 is 0 Å². The summed E-state index contributed by atoms with van der Waals surface area (Å²) in [5.41, 5.74) is 0. The molecule has 0 atom stereocenters. The van der Waals surface area contributed by atoms with E-state index in [1.807, 2.05) is 10.8 Å². The average molecular weight is 246 g/mol. The summed E-state index contributed by atoms with van der Waals surface area (Å²) in [5, 5.41) is 9.23. The topological polar surface area (TPSA) is 55.1 Å². The number of hydrogen-bond donors (Lipinski definition) is 1. The van der Waals surface area contributed by atoms with E-state index in [1.54, 1.807) is 6.20 Å². The Labute approximate surface area is 106 Å². The molecule has 1 aromatic rings. The van der Waals surface area contributed by atoms with Crippen molar-refractivity contribution < 1.29 is 9.90 Å². The molecule has 4 aliphatic carbocycles. The molecule has 4 bridgehead atoms. The maximum atomic E-state index is 11.2. The van der Waals surface area contributed by atoms with E-state index < -0.39 is 5.97 Å². The molecule has 4 nitrogen and oxygen atoms in total. The van der Waals surface area contributed by atoms with Crippen LogP contribution in [0.25, 0.3) is 0 Å². The van der Waals surface area contributed by atoms with E-state index in [1.165, 1.54) is 32.1 Å². The smallest absolute Gasteiger partial charge is 0.372 e. The van der Waals surface area contributed by atoms with Gasteiger partial charge in [-0.2, -0.15) is 0 Å². The quantitative estimate of drug-likeness (QED) is 0.872. The summed E-state index contributed by atoms with van der Waals surface area (Å²) in [4.78, 5) is 15.2. The number of imidazole rings is 1. The molecule has 0 saturated heterocycles. The fraction of sp³-hybridized carbons (Fsp3) is 0.714. The van der Waals surface area contributed by atoms with E-state index in [9.17, 15) is 9.90 Å². The van der Waals surface area contributed by atoms with Crippen molar-refractivity contribution in [3.8, 4) is 0 Å². The van der Waals surface area contributed by atoms with Crippen LogP contribution in [0.3, 0.4) is 0 Å². The number of hydrogen-bond acceptors (Lipinski definition) is 2. The molecule has 4 saturated carbocycles. The second kappa shape index (κ2) is 3.59. The highest BCUT2D eigenvalue weighted by Gasteiger charge is 2.49. The van der Waals surface area contributed by atoms with E-state index in [-0.39, 0.29) is 5.82 Å². The molecular weight excluding hydrogens is 228 g/mol. The molecule has 4 aliphatic rings. The average Bonchev–Trinajstić information content (AvgIpc) is 2.76. The SMILES string of the molecule is O=C(O)c1nccn1C1C2CC3CC(C2)CC1C3. The monoisotopic (exact) mass is 246 g/mol. The molecule has 4 fully saturated rings. The third kappa shape index (κ3) is 1.38. The number of carboxylic acid groups (broad SMARTS) is 1. The summed E-state index contributed by atoms with van der Waals surface area (Å²) in [5.74, 6) is 2.55. The Morgan fingerprint density at radius 2 is 1.78 bits per heavy atom. The molecule has 0 amide bonds. The second-order valence-electron chi connectivity index (χ2n) is 6.38. The van der Waals surface area contributed by atoms with Crippen LogP contribution in [0.4, 0.5) is 0 Å². The molecule has 4 heteroatoms. The van der Waals surface area contributed by atoms with Crippen molar-refractivity contribution in [2.24, 2.45) is 23.7 Å². The number of aromatic nitrogens is 2. The second-order valence-corrected chi connectivity index (χ2v) is 6.38. The lowest BCUT2D eigenvalue weighted by Crippen LogP contribution is -2.46. The highest BCUT2D eigenvalue weighted by molar-refractivity contribution is 5.83. The first-order valence-corrected chi connectivity index (χ1v) is 6.98. The van der Waals surface area contributed by atoms with Gasteiger partial charge in [0.15, 0.2) is 0 Å². The van der Waals surface area contributed by atoms with Crippen LogP contribution in [-0.2, 0) is 0 Å². The van der Waals surface area contributed by atoms with E-state index in [2.05, 4.69) is 4.98 Å². The van der Waals surface area contributed by atoms with Crippen LogP contribution >= 0.6 is 0 Å². The fourth-order valence-corrected chi connectivity index (χ4v) is 5.07. The summed E-state index contributed by atoms with van der Waals surface area (Å²) in [6.45, 7) is 0. The number of carbonyl (C=O) groups is 1. The van der Waals surface area contributed by atoms with E-state index in [0.29, 0.717) is 17.9 Å². The number of nitrogens with zero attached hydrogens (tertiary/aromatic N) is 2.